The van der Waals surface area contributed by atoms with Crippen molar-refractivity contribution in [2.24, 2.45) is 0 Å². The van der Waals surface area contributed by atoms with Crippen LogP contribution in [0.25, 0.3) is 0 Å². The first-order chi connectivity index (χ1) is 9.12. The number of carbonyl (C=O) groups excluding carboxylic acids is 1. The minimum atomic E-state index is -0.235. The van der Waals surface area contributed by atoms with Gasteiger partial charge >= 0.3 is 0 Å². The van der Waals surface area contributed by atoms with Crippen molar-refractivity contribution in [2.75, 3.05) is 19.6 Å². The molecule has 3 rings (SSSR count). The number of rotatable bonds is 2. The van der Waals surface area contributed by atoms with E-state index in [9.17, 15) is 4.79 Å². The van der Waals surface area contributed by atoms with Crippen molar-refractivity contribution in [1.29, 1.82) is 0 Å². The van der Waals surface area contributed by atoms with Gasteiger partial charge in [-0.2, -0.15) is 0 Å². The van der Waals surface area contributed by atoms with Crippen molar-refractivity contribution in [3.8, 4) is 0 Å². The average molecular weight is 360 g/mol. The molecule has 0 bridgehead atoms. The molecule has 1 aliphatic carbocycles. The van der Waals surface area contributed by atoms with Crippen LogP contribution in [0.15, 0.2) is 28.7 Å². The molecule has 1 saturated carbocycles. The highest BCUT2D eigenvalue weighted by Crippen LogP contribution is 2.50. The monoisotopic (exact) mass is 358 g/mol. The average Bonchev–Trinajstić information content (AvgIpc) is 3.19. The topological polar surface area (TPSA) is 32.3 Å². The van der Waals surface area contributed by atoms with E-state index in [1.165, 1.54) is 0 Å². The van der Waals surface area contributed by atoms with Crippen LogP contribution in [-0.4, -0.2) is 36.5 Å². The van der Waals surface area contributed by atoms with Gasteiger partial charge in [0.2, 0.25) is 5.91 Å². The number of amides is 1. The van der Waals surface area contributed by atoms with E-state index in [1.54, 1.807) is 0 Å². The molecular weight excluding hydrogens is 340 g/mol. The highest BCUT2D eigenvalue weighted by Gasteiger charge is 2.53. The highest BCUT2D eigenvalue weighted by atomic mass is 79.9. The van der Waals surface area contributed by atoms with Crippen molar-refractivity contribution in [3.05, 3.63) is 34.3 Å². The Kier molecular flexibility index (Phi) is 4.77. The molecule has 1 heterocycles. The molecule has 2 fully saturated rings. The summed E-state index contributed by atoms with van der Waals surface area (Å²) in [7, 11) is 0. The number of piperazine rings is 1. The van der Waals surface area contributed by atoms with E-state index in [-0.39, 0.29) is 17.8 Å². The Morgan fingerprint density at radius 2 is 2.20 bits per heavy atom. The zero-order valence-corrected chi connectivity index (χ0v) is 14.0. The van der Waals surface area contributed by atoms with E-state index < -0.39 is 0 Å². The number of benzene rings is 1. The smallest absolute Gasteiger partial charge is 0.233 e. The van der Waals surface area contributed by atoms with Gasteiger partial charge in [-0.05, 0) is 37.5 Å². The van der Waals surface area contributed by atoms with Crippen molar-refractivity contribution in [1.82, 2.24) is 10.2 Å². The second kappa shape index (κ2) is 6.04. The van der Waals surface area contributed by atoms with Gasteiger partial charge in [-0.25, -0.2) is 0 Å². The fourth-order valence-corrected chi connectivity index (χ4v) is 3.36. The minimum absolute atomic E-state index is 0. The Morgan fingerprint density at radius 1 is 1.45 bits per heavy atom. The molecule has 0 aromatic heterocycles. The summed E-state index contributed by atoms with van der Waals surface area (Å²) in [6.45, 7) is 4.70. The first-order valence-electron chi connectivity index (χ1n) is 6.91. The minimum Gasteiger partial charge on any atom is -0.339 e. The zero-order chi connectivity index (χ0) is 13.5. The van der Waals surface area contributed by atoms with Gasteiger partial charge in [0.1, 0.15) is 0 Å². The lowest BCUT2D eigenvalue weighted by Gasteiger charge is -2.34. The molecule has 5 heteroatoms. The largest absolute Gasteiger partial charge is 0.339 e. The summed E-state index contributed by atoms with van der Waals surface area (Å²) >= 11 is 3.50. The molecule has 1 aromatic carbocycles. The third kappa shape index (κ3) is 2.87. The van der Waals surface area contributed by atoms with Crippen molar-refractivity contribution in [2.45, 2.75) is 31.2 Å². The van der Waals surface area contributed by atoms with Crippen LogP contribution in [0, 0.1) is 0 Å². The van der Waals surface area contributed by atoms with Crippen LogP contribution in [0.3, 0.4) is 0 Å². The van der Waals surface area contributed by atoms with E-state index in [2.05, 4.69) is 40.3 Å². The molecule has 1 N–H and O–H groups in total. The Balaban J connectivity index is 0.00000147. The maximum absolute atomic E-state index is 12.8. The van der Waals surface area contributed by atoms with Gasteiger partial charge in [0.05, 0.1) is 5.41 Å². The standard InChI is InChI=1S/C15H19BrN2O.ClH/c1-11-10-18(8-7-17-11)14(19)15(5-6-15)12-3-2-4-13(16)9-12;/h2-4,9,11,17H,5-8,10H2,1H3;1H. The summed E-state index contributed by atoms with van der Waals surface area (Å²) in [5, 5.41) is 3.39. The van der Waals surface area contributed by atoms with Crippen LogP contribution in [0.5, 0.6) is 0 Å². The van der Waals surface area contributed by atoms with Gasteiger partial charge < -0.3 is 10.2 Å². The van der Waals surface area contributed by atoms with E-state index in [1.807, 2.05) is 17.0 Å². The fourth-order valence-electron chi connectivity index (χ4n) is 2.96. The van der Waals surface area contributed by atoms with E-state index in [0.717, 1.165) is 42.5 Å². The molecule has 1 atom stereocenters. The van der Waals surface area contributed by atoms with Gasteiger partial charge in [0.25, 0.3) is 0 Å². The predicted molar refractivity (Wildman–Crippen MR) is 86.3 cm³/mol. The van der Waals surface area contributed by atoms with Crippen LogP contribution in [-0.2, 0) is 10.2 Å². The molecule has 1 aromatic rings. The fraction of sp³-hybridized carbons (Fsp3) is 0.533. The maximum Gasteiger partial charge on any atom is 0.233 e. The van der Waals surface area contributed by atoms with Crippen LogP contribution < -0.4 is 5.32 Å². The van der Waals surface area contributed by atoms with E-state index >= 15 is 0 Å². The molecule has 1 amide bonds. The van der Waals surface area contributed by atoms with Crippen LogP contribution in [0.2, 0.25) is 0 Å². The van der Waals surface area contributed by atoms with Gasteiger partial charge in [0.15, 0.2) is 0 Å². The molecule has 0 spiro atoms. The second-order valence-electron chi connectivity index (χ2n) is 5.70. The molecule has 1 saturated heterocycles. The molecule has 1 unspecified atom stereocenters. The van der Waals surface area contributed by atoms with Crippen molar-refractivity contribution < 1.29 is 4.79 Å². The number of halogens is 2. The maximum atomic E-state index is 12.8. The Bertz CT molecular complexity index is 504. The van der Waals surface area contributed by atoms with E-state index in [4.69, 9.17) is 0 Å². The Hall–Kier alpha value is -0.580. The third-order valence-corrected chi connectivity index (χ3v) is 4.69. The summed E-state index contributed by atoms with van der Waals surface area (Å²) in [6, 6.07) is 8.61. The SMILES string of the molecule is CC1CN(C(=O)C2(c3cccc(Br)c3)CC2)CCN1.Cl. The third-order valence-electron chi connectivity index (χ3n) is 4.19. The molecule has 1 aliphatic heterocycles. The number of hydrogen-bond acceptors (Lipinski definition) is 2. The summed E-state index contributed by atoms with van der Waals surface area (Å²) in [5.41, 5.74) is 0.930. The lowest BCUT2D eigenvalue weighted by molar-refractivity contribution is -0.135. The summed E-state index contributed by atoms with van der Waals surface area (Å²) < 4.78 is 1.05. The number of hydrogen-bond donors (Lipinski definition) is 1. The van der Waals surface area contributed by atoms with Crippen LogP contribution in [0.1, 0.15) is 25.3 Å². The summed E-state index contributed by atoms with van der Waals surface area (Å²) in [5.74, 6) is 0.318. The summed E-state index contributed by atoms with van der Waals surface area (Å²) in [6.07, 6.45) is 1.97. The Labute approximate surface area is 134 Å². The lowest BCUT2D eigenvalue weighted by atomic mass is 9.94. The molecule has 110 valence electrons. The zero-order valence-electron chi connectivity index (χ0n) is 11.6. The van der Waals surface area contributed by atoms with Crippen molar-refractivity contribution >= 4 is 34.2 Å². The van der Waals surface area contributed by atoms with Gasteiger partial charge in [-0.15, -0.1) is 12.4 Å². The number of carbonyl (C=O) groups is 1. The second-order valence-corrected chi connectivity index (χ2v) is 6.61. The first-order valence-corrected chi connectivity index (χ1v) is 7.70. The van der Waals surface area contributed by atoms with Crippen molar-refractivity contribution in [3.63, 3.8) is 0 Å². The van der Waals surface area contributed by atoms with Gasteiger partial charge in [-0.1, -0.05) is 28.1 Å². The molecule has 0 radical (unpaired) electrons. The quantitative estimate of drug-likeness (QED) is 0.880. The molecular formula is C15H20BrClN2O. The predicted octanol–water partition coefficient (Wildman–Crippen LogP) is 2.72. The number of nitrogens with zero attached hydrogens (tertiary/aromatic N) is 1. The number of nitrogens with one attached hydrogen (secondary N) is 1. The molecule has 2 aliphatic rings. The Morgan fingerprint density at radius 3 is 2.80 bits per heavy atom. The van der Waals surface area contributed by atoms with Gasteiger partial charge in [0, 0.05) is 30.1 Å². The van der Waals surface area contributed by atoms with Crippen LogP contribution in [0.4, 0.5) is 0 Å². The summed E-state index contributed by atoms with van der Waals surface area (Å²) in [4.78, 5) is 14.9. The van der Waals surface area contributed by atoms with Crippen LogP contribution >= 0.6 is 28.3 Å². The van der Waals surface area contributed by atoms with Gasteiger partial charge in [-0.3, -0.25) is 4.79 Å². The molecule has 20 heavy (non-hydrogen) atoms. The highest BCUT2D eigenvalue weighted by molar-refractivity contribution is 9.10. The molecule has 3 nitrogen and oxygen atoms in total. The van der Waals surface area contributed by atoms with E-state index in [0.29, 0.717) is 11.9 Å². The first kappa shape index (κ1) is 15.8. The lowest BCUT2D eigenvalue weighted by Crippen LogP contribution is -2.53. The normalized spacial score (nSPS) is 23.9.